The van der Waals surface area contributed by atoms with Crippen molar-refractivity contribution < 1.29 is 14.1 Å². The molecule has 2 heterocycles. The second kappa shape index (κ2) is 8.56. The second-order valence-electron chi connectivity index (χ2n) is 7.43. The van der Waals surface area contributed by atoms with E-state index in [1.807, 2.05) is 48.7 Å². The standard InChI is InChI=1S/C21H25N3O3S/c1-5-24(13-18-22-20(23-27-18)17-11-8-12-28-17)19(25)14-26-16-10-7-6-9-15(16)21(2,3)4/h6-12H,5,13-14H2,1-4H3. The van der Waals surface area contributed by atoms with Crippen LogP contribution >= 0.6 is 11.3 Å². The molecule has 2 aromatic heterocycles. The van der Waals surface area contributed by atoms with Crippen molar-refractivity contribution in [2.45, 2.75) is 39.7 Å². The SMILES string of the molecule is CCN(Cc1nc(-c2cccs2)no1)C(=O)COc1ccccc1C(C)(C)C. The minimum atomic E-state index is -0.123. The van der Waals surface area contributed by atoms with Gasteiger partial charge in [-0.2, -0.15) is 4.98 Å². The van der Waals surface area contributed by atoms with Crippen LogP contribution in [0.15, 0.2) is 46.3 Å². The van der Waals surface area contributed by atoms with Gasteiger partial charge in [-0.25, -0.2) is 0 Å². The number of aromatic nitrogens is 2. The van der Waals surface area contributed by atoms with Crippen LogP contribution in [0.2, 0.25) is 0 Å². The fourth-order valence-electron chi connectivity index (χ4n) is 2.81. The fraction of sp³-hybridized carbons (Fsp3) is 0.381. The molecule has 0 unspecified atom stereocenters. The molecule has 3 aromatic rings. The number of benzene rings is 1. The zero-order valence-electron chi connectivity index (χ0n) is 16.6. The Balaban J connectivity index is 1.63. The summed E-state index contributed by atoms with van der Waals surface area (Å²) >= 11 is 1.54. The number of ether oxygens (including phenoxy) is 1. The number of carbonyl (C=O) groups is 1. The van der Waals surface area contributed by atoms with Gasteiger partial charge in [0.15, 0.2) is 6.61 Å². The van der Waals surface area contributed by atoms with E-state index in [1.54, 1.807) is 16.2 Å². The molecule has 0 spiro atoms. The molecular formula is C21H25N3O3S. The summed E-state index contributed by atoms with van der Waals surface area (Å²) in [6.45, 7) is 9.03. The number of carbonyl (C=O) groups excluding carboxylic acids is 1. The molecule has 0 aliphatic heterocycles. The van der Waals surface area contributed by atoms with Crippen LogP contribution in [-0.4, -0.2) is 34.1 Å². The van der Waals surface area contributed by atoms with E-state index in [4.69, 9.17) is 9.26 Å². The molecule has 0 saturated heterocycles. The molecule has 0 aliphatic rings. The Morgan fingerprint density at radius 2 is 2.00 bits per heavy atom. The lowest BCUT2D eigenvalue weighted by Crippen LogP contribution is -2.34. The summed E-state index contributed by atoms with van der Waals surface area (Å²) in [6.07, 6.45) is 0. The van der Waals surface area contributed by atoms with Gasteiger partial charge in [0.05, 0.1) is 4.88 Å². The molecule has 148 valence electrons. The smallest absolute Gasteiger partial charge is 0.260 e. The Labute approximate surface area is 169 Å². The third kappa shape index (κ3) is 4.78. The Morgan fingerprint density at radius 3 is 2.68 bits per heavy atom. The van der Waals surface area contributed by atoms with Crippen LogP contribution in [0.5, 0.6) is 5.75 Å². The molecule has 28 heavy (non-hydrogen) atoms. The highest BCUT2D eigenvalue weighted by Gasteiger charge is 2.21. The van der Waals surface area contributed by atoms with E-state index in [2.05, 4.69) is 30.9 Å². The van der Waals surface area contributed by atoms with Crippen LogP contribution in [0, 0.1) is 0 Å². The Hall–Kier alpha value is -2.67. The molecule has 0 N–H and O–H groups in total. The molecule has 0 fully saturated rings. The van der Waals surface area contributed by atoms with E-state index in [-0.39, 0.29) is 24.5 Å². The summed E-state index contributed by atoms with van der Waals surface area (Å²) < 4.78 is 11.2. The molecule has 6 nitrogen and oxygen atoms in total. The van der Waals surface area contributed by atoms with Gasteiger partial charge < -0.3 is 14.2 Å². The zero-order valence-corrected chi connectivity index (χ0v) is 17.5. The van der Waals surface area contributed by atoms with Crippen molar-refractivity contribution in [2.75, 3.05) is 13.2 Å². The third-order valence-corrected chi connectivity index (χ3v) is 5.18. The van der Waals surface area contributed by atoms with Crippen LogP contribution < -0.4 is 4.74 Å². The average Bonchev–Trinajstić information content (AvgIpc) is 3.35. The summed E-state index contributed by atoms with van der Waals surface area (Å²) in [7, 11) is 0. The number of nitrogens with zero attached hydrogens (tertiary/aromatic N) is 3. The van der Waals surface area contributed by atoms with Crippen molar-refractivity contribution in [2.24, 2.45) is 0 Å². The first kappa shape index (κ1) is 20.1. The number of rotatable bonds is 7. The van der Waals surface area contributed by atoms with Crippen molar-refractivity contribution in [3.63, 3.8) is 0 Å². The maximum atomic E-state index is 12.7. The van der Waals surface area contributed by atoms with Crippen molar-refractivity contribution in [3.05, 3.63) is 53.2 Å². The van der Waals surface area contributed by atoms with Gasteiger partial charge in [0.1, 0.15) is 12.3 Å². The van der Waals surface area contributed by atoms with E-state index in [0.29, 0.717) is 18.3 Å². The molecule has 3 rings (SSSR count). The quantitative estimate of drug-likeness (QED) is 0.584. The van der Waals surface area contributed by atoms with E-state index in [1.165, 1.54) is 0 Å². The predicted octanol–water partition coefficient (Wildman–Crippen LogP) is 4.52. The highest BCUT2D eigenvalue weighted by Crippen LogP contribution is 2.31. The summed E-state index contributed by atoms with van der Waals surface area (Å²) in [5.74, 6) is 1.57. The van der Waals surface area contributed by atoms with Crippen molar-refractivity contribution >= 4 is 17.2 Å². The van der Waals surface area contributed by atoms with E-state index in [9.17, 15) is 4.79 Å². The van der Waals surface area contributed by atoms with Gasteiger partial charge in [0.2, 0.25) is 11.7 Å². The highest BCUT2D eigenvalue weighted by atomic mass is 32.1. The maximum Gasteiger partial charge on any atom is 0.260 e. The number of para-hydroxylation sites is 1. The molecule has 0 bridgehead atoms. The Bertz CT molecular complexity index is 913. The van der Waals surface area contributed by atoms with Gasteiger partial charge in [0, 0.05) is 6.54 Å². The van der Waals surface area contributed by atoms with Gasteiger partial charge >= 0.3 is 0 Å². The molecule has 1 aromatic carbocycles. The molecular weight excluding hydrogens is 374 g/mol. The number of likely N-dealkylation sites (N-methyl/N-ethyl adjacent to an activating group) is 1. The monoisotopic (exact) mass is 399 g/mol. The zero-order chi connectivity index (χ0) is 20.1. The summed E-state index contributed by atoms with van der Waals surface area (Å²) in [5, 5.41) is 5.95. The minimum absolute atomic E-state index is 0.0349. The molecule has 1 amide bonds. The van der Waals surface area contributed by atoms with Gasteiger partial charge in [-0.3, -0.25) is 4.79 Å². The largest absolute Gasteiger partial charge is 0.483 e. The lowest BCUT2D eigenvalue weighted by Gasteiger charge is -2.24. The maximum absolute atomic E-state index is 12.7. The van der Waals surface area contributed by atoms with Gasteiger partial charge in [-0.15, -0.1) is 11.3 Å². The van der Waals surface area contributed by atoms with Crippen LogP contribution in [0.3, 0.4) is 0 Å². The summed E-state index contributed by atoms with van der Waals surface area (Å²) in [6, 6.07) is 11.7. The number of amides is 1. The van der Waals surface area contributed by atoms with Crippen molar-refractivity contribution in [3.8, 4) is 16.5 Å². The molecule has 0 saturated carbocycles. The first-order chi connectivity index (χ1) is 13.4. The lowest BCUT2D eigenvalue weighted by molar-refractivity contribution is -0.134. The summed E-state index contributed by atoms with van der Waals surface area (Å²) in [4.78, 5) is 19.6. The number of hydrogen-bond donors (Lipinski definition) is 0. The molecule has 0 radical (unpaired) electrons. The van der Waals surface area contributed by atoms with Crippen molar-refractivity contribution in [1.29, 1.82) is 0 Å². The molecule has 0 atom stereocenters. The first-order valence-electron chi connectivity index (χ1n) is 9.25. The van der Waals surface area contributed by atoms with Crippen LogP contribution in [-0.2, 0) is 16.8 Å². The van der Waals surface area contributed by atoms with Crippen molar-refractivity contribution in [1.82, 2.24) is 15.0 Å². The normalized spacial score (nSPS) is 11.4. The van der Waals surface area contributed by atoms with E-state index >= 15 is 0 Å². The van der Waals surface area contributed by atoms with E-state index in [0.717, 1.165) is 16.2 Å². The average molecular weight is 400 g/mol. The second-order valence-corrected chi connectivity index (χ2v) is 8.38. The minimum Gasteiger partial charge on any atom is -0.483 e. The number of thiophene rings is 1. The lowest BCUT2D eigenvalue weighted by atomic mass is 9.86. The predicted molar refractivity (Wildman–Crippen MR) is 109 cm³/mol. The topological polar surface area (TPSA) is 68.5 Å². The Morgan fingerprint density at radius 1 is 1.21 bits per heavy atom. The molecule has 7 heteroatoms. The Kier molecular flexibility index (Phi) is 6.14. The summed E-state index contributed by atoms with van der Waals surface area (Å²) in [5.41, 5.74) is 1.01. The van der Waals surface area contributed by atoms with Crippen LogP contribution in [0.25, 0.3) is 10.7 Å². The van der Waals surface area contributed by atoms with Crippen LogP contribution in [0.4, 0.5) is 0 Å². The molecule has 0 aliphatic carbocycles. The van der Waals surface area contributed by atoms with Gasteiger partial charge in [-0.1, -0.05) is 50.2 Å². The highest BCUT2D eigenvalue weighted by molar-refractivity contribution is 7.13. The van der Waals surface area contributed by atoms with E-state index < -0.39 is 0 Å². The van der Waals surface area contributed by atoms with Gasteiger partial charge in [-0.05, 0) is 35.4 Å². The third-order valence-electron chi connectivity index (χ3n) is 4.32. The van der Waals surface area contributed by atoms with Crippen LogP contribution in [0.1, 0.15) is 39.1 Å². The fourth-order valence-corrected chi connectivity index (χ4v) is 3.46. The van der Waals surface area contributed by atoms with Gasteiger partial charge in [0.25, 0.3) is 5.91 Å². The number of hydrogen-bond acceptors (Lipinski definition) is 6. The first-order valence-corrected chi connectivity index (χ1v) is 10.1.